The lowest BCUT2D eigenvalue weighted by molar-refractivity contribution is 0.198. The van der Waals surface area contributed by atoms with Crippen LogP contribution in [0.15, 0.2) is 24.3 Å². The van der Waals surface area contributed by atoms with Gasteiger partial charge in [-0.2, -0.15) is 0 Å². The van der Waals surface area contributed by atoms with Gasteiger partial charge < -0.3 is 9.64 Å². The standard InChI is InChI=1S/C12H19NO/c1-4-11-8-6-7-9-12(11)13(5-2)10-14-3/h6-9H,4-5,10H2,1-3H3. The molecule has 0 saturated heterocycles. The first-order chi connectivity index (χ1) is 6.83. The Hall–Kier alpha value is -1.02. The number of methoxy groups -OCH3 is 1. The van der Waals surface area contributed by atoms with Crippen LogP contribution in [0.1, 0.15) is 19.4 Å². The van der Waals surface area contributed by atoms with Crippen molar-refractivity contribution in [1.29, 1.82) is 0 Å². The van der Waals surface area contributed by atoms with E-state index in [1.165, 1.54) is 11.3 Å². The third-order valence-electron chi connectivity index (χ3n) is 2.38. The van der Waals surface area contributed by atoms with Crippen LogP contribution in [-0.2, 0) is 11.2 Å². The van der Waals surface area contributed by atoms with Crippen molar-refractivity contribution in [2.75, 3.05) is 25.3 Å². The van der Waals surface area contributed by atoms with Gasteiger partial charge in [-0.15, -0.1) is 0 Å². The number of ether oxygens (including phenoxy) is 1. The predicted octanol–water partition coefficient (Wildman–Crippen LogP) is 2.68. The molecule has 2 nitrogen and oxygen atoms in total. The Kier molecular flexibility index (Phi) is 4.47. The molecule has 0 radical (unpaired) electrons. The van der Waals surface area contributed by atoms with Crippen LogP contribution >= 0.6 is 0 Å². The van der Waals surface area contributed by atoms with Gasteiger partial charge in [-0.25, -0.2) is 0 Å². The van der Waals surface area contributed by atoms with Crippen molar-refractivity contribution in [3.63, 3.8) is 0 Å². The predicted molar refractivity (Wildman–Crippen MR) is 60.7 cm³/mol. The number of anilines is 1. The monoisotopic (exact) mass is 193 g/mol. The van der Waals surface area contributed by atoms with Gasteiger partial charge in [0.25, 0.3) is 0 Å². The number of para-hydroxylation sites is 1. The highest BCUT2D eigenvalue weighted by Gasteiger charge is 2.06. The molecule has 0 spiro atoms. The molecule has 1 aromatic rings. The second-order valence-corrected chi connectivity index (χ2v) is 3.26. The van der Waals surface area contributed by atoms with Gasteiger partial charge in [0.1, 0.15) is 6.73 Å². The van der Waals surface area contributed by atoms with Gasteiger partial charge in [0, 0.05) is 19.3 Å². The third-order valence-corrected chi connectivity index (χ3v) is 2.38. The van der Waals surface area contributed by atoms with E-state index in [-0.39, 0.29) is 0 Å². The van der Waals surface area contributed by atoms with E-state index in [1.807, 2.05) is 0 Å². The summed E-state index contributed by atoms with van der Waals surface area (Å²) in [5.41, 5.74) is 2.67. The average Bonchev–Trinajstić information content (AvgIpc) is 2.26. The molecule has 2 heteroatoms. The average molecular weight is 193 g/mol. The van der Waals surface area contributed by atoms with Crippen molar-refractivity contribution < 1.29 is 4.74 Å². The highest BCUT2D eigenvalue weighted by atomic mass is 16.5. The van der Waals surface area contributed by atoms with Gasteiger partial charge in [-0.05, 0) is 25.0 Å². The number of benzene rings is 1. The lowest BCUT2D eigenvalue weighted by atomic mass is 10.1. The minimum atomic E-state index is 0.660. The molecule has 0 amide bonds. The molecule has 0 fully saturated rings. The summed E-state index contributed by atoms with van der Waals surface area (Å²) in [5.74, 6) is 0. The van der Waals surface area contributed by atoms with E-state index in [2.05, 4.69) is 43.0 Å². The molecule has 0 aliphatic heterocycles. The van der Waals surface area contributed by atoms with Crippen LogP contribution in [0, 0.1) is 0 Å². The third kappa shape index (κ3) is 2.48. The minimum Gasteiger partial charge on any atom is -0.364 e. The van der Waals surface area contributed by atoms with Crippen LogP contribution in [-0.4, -0.2) is 20.4 Å². The van der Waals surface area contributed by atoms with E-state index >= 15 is 0 Å². The number of nitrogens with zero attached hydrogens (tertiary/aromatic N) is 1. The topological polar surface area (TPSA) is 12.5 Å². The molecule has 0 heterocycles. The maximum Gasteiger partial charge on any atom is 0.118 e. The zero-order valence-corrected chi connectivity index (χ0v) is 9.29. The van der Waals surface area contributed by atoms with Gasteiger partial charge in [0.2, 0.25) is 0 Å². The van der Waals surface area contributed by atoms with Crippen molar-refractivity contribution in [3.05, 3.63) is 29.8 Å². The van der Waals surface area contributed by atoms with Crippen molar-refractivity contribution >= 4 is 5.69 Å². The van der Waals surface area contributed by atoms with Crippen LogP contribution < -0.4 is 4.90 Å². The molecule has 1 rings (SSSR count). The first-order valence-electron chi connectivity index (χ1n) is 5.15. The Morgan fingerprint density at radius 2 is 1.93 bits per heavy atom. The quantitative estimate of drug-likeness (QED) is 0.667. The summed E-state index contributed by atoms with van der Waals surface area (Å²) in [5, 5.41) is 0. The first kappa shape index (κ1) is 11.1. The molecule has 0 aromatic heterocycles. The fourth-order valence-electron chi connectivity index (χ4n) is 1.61. The summed E-state index contributed by atoms with van der Waals surface area (Å²) in [7, 11) is 1.73. The van der Waals surface area contributed by atoms with Crippen molar-refractivity contribution in [1.82, 2.24) is 0 Å². The van der Waals surface area contributed by atoms with Crippen molar-refractivity contribution in [2.24, 2.45) is 0 Å². The summed E-state index contributed by atoms with van der Waals surface area (Å²) >= 11 is 0. The number of hydrogen-bond acceptors (Lipinski definition) is 2. The molecule has 14 heavy (non-hydrogen) atoms. The Balaban J connectivity index is 2.90. The molecular formula is C12H19NO. The smallest absolute Gasteiger partial charge is 0.118 e. The second-order valence-electron chi connectivity index (χ2n) is 3.26. The van der Waals surface area contributed by atoms with Gasteiger partial charge in [0.15, 0.2) is 0 Å². The lowest BCUT2D eigenvalue weighted by Crippen LogP contribution is -2.25. The van der Waals surface area contributed by atoms with Gasteiger partial charge in [0.05, 0.1) is 0 Å². The van der Waals surface area contributed by atoms with Gasteiger partial charge >= 0.3 is 0 Å². The van der Waals surface area contributed by atoms with Gasteiger partial charge in [-0.1, -0.05) is 25.1 Å². The molecular weight excluding hydrogens is 174 g/mol. The zero-order valence-electron chi connectivity index (χ0n) is 9.29. The molecule has 0 atom stereocenters. The van der Waals surface area contributed by atoms with Crippen LogP contribution in [0.5, 0.6) is 0 Å². The fraction of sp³-hybridized carbons (Fsp3) is 0.500. The lowest BCUT2D eigenvalue weighted by Gasteiger charge is -2.24. The molecule has 78 valence electrons. The first-order valence-corrected chi connectivity index (χ1v) is 5.15. The van der Waals surface area contributed by atoms with Crippen molar-refractivity contribution in [2.45, 2.75) is 20.3 Å². The van der Waals surface area contributed by atoms with Crippen LogP contribution in [0.3, 0.4) is 0 Å². The van der Waals surface area contributed by atoms with Crippen LogP contribution in [0.2, 0.25) is 0 Å². The highest BCUT2D eigenvalue weighted by molar-refractivity contribution is 5.53. The maximum absolute atomic E-state index is 5.17. The van der Waals surface area contributed by atoms with Gasteiger partial charge in [-0.3, -0.25) is 0 Å². The second kappa shape index (κ2) is 5.66. The Morgan fingerprint density at radius 3 is 2.50 bits per heavy atom. The fourth-order valence-corrected chi connectivity index (χ4v) is 1.61. The van der Waals surface area contributed by atoms with E-state index in [9.17, 15) is 0 Å². The van der Waals surface area contributed by atoms with E-state index in [0.717, 1.165) is 13.0 Å². The van der Waals surface area contributed by atoms with E-state index < -0.39 is 0 Å². The van der Waals surface area contributed by atoms with E-state index in [0.29, 0.717) is 6.73 Å². The summed E-state index contributed by atoms with van der Waals surface area (Å²) < 4.78 is 5.17. The Labute approximate surface area is 86.5 Å². The minimum absolute atomic E-state index is 0.660. The summed E-state index contributed by atoms with van der Waals surface area (Å²) in [4.78, 5) is 2.23. The van der Waals surface area contributed by atoms with E-state index in [4.69, 9.17) is 4.74 Å². The van der Waals surface area contributed by atoms with Crippen molar-refractivity contribution in [3.8, 4) is 0 Å². The molecule has 0 aliphatic carbocycles. The zero-order chi connectivity index (χ0) is 10.4. The summed E-state index contributed by atoms with van der Waals surface area (Å²) in [6.07, 6.45) is 1.07. The maximum atomic E-state index is 5.17. The van der Waals surface area contributed by atoms with E-state index in [1.54, 1.807) is 7.11 Å². The molecule has 0 bridgehead atoms. The molecule has 1 aromatic carbocycles. The summed E-state index contributed by atoms with van der Waals surface area (Å²) in [6, 6.07) is 8.49. The number of hydrogen-bond donors (Lipinski definition) is 0. The van der Waals surface area contributed by atoms with Crippen LogP contribution in [0.25, 0.3) is 0 Å². The highest BCUT2D eigenvalue weighted by Crippen LogP contribution is 2.20. The normalized spacial score (nSPS) is 10.2. The largest absolute Gasteiger partial charge is 0.364 e. The molecule has 0 N–H and O–H groups in total. The van der Waals surface area contributed by atoms with Crippen LogP contribution in [0.4, 0.5) is 5.69 Å². The Morgan fingerprint density at radius 1 is 1.21 bits per heavy atom. The molecule has 0 unspecified atom stereocenters. The molecule has 0 saturated carbocycles. The molecule has 0 aliphatic rings. The number of rotatable bonds is 5. The summed E-state index contributed by atoms with van der Waals surface area (Å²) in [6.45, 7) is 5.96. The number of aryl methyl sites for hydroxylation is 1. The SMILES string of the molecule is CCc1ccccc1N(CC)COC. The Bertz CT molecular complexity index is 273.